The second-order valence-corrected chi connectivity index (χ2v) is 5.26. The molecule has 0 unspecified atom stereocenters. The lowest BCUT2D eigenvalue weighted by Gasteiger charge is -2.22. The van der Waals surface area contributed by atoms with Crippen molar-refractivity contribution in [3.63, 3.8) is 0 Å². The van der Waals surface area contributed by atoms with Crippen LogP contribution in [0.15, 0.2) is 23.1 Å². The van der Waals surface area contributed by atoms with E-state index in [4.69, 9.17) is 4.74 Å². The summed E-state index contributed by atoms with van der Waals surface area (Å²) in [6.07, 6.45) is 4.58. The van der Waals surface area contributed by atoms with Crippen LogP contribution in [0, 0.1) is 0 Å². The number of nitrogens with one attached hydrogen (secondary N) is 2. The van der Waals surface area contributed by atoms with E-state index in [2.05, 4.69) is 10.6 Å². The van der Waals surface area contributed by atoms with E-state index < -0.39 is 0 Å². The minimum absolute atomic E-state index is 0.0531. The number of hydrogen-bond acceptors (Lipinski definition) is 4. The number of aromatic nitrogens is 1. The molecule has 0 bridgehead atoms. The molecule has 2 heterocycles. The van der Waals surface area contributed by atoms with E-state index in [1.807, 2.05) is 6.92 Å². The Morgan fingerprint density at radius 2 is 2.19 bits per heavy atom. The molecule has 1 aromatic heterocycles. The van der Waals surface area contributed by atoms with Crippen molar-refractivity contribution >= 4 is 11.6 Å². The third-order valence-electron chi connectivity index (χ3n) is 3.47. The van der Waals surface area contributed by atoms with Crippen LogP contribution >= 0.6 is 0 Å². The SMILES string of the molecule is CCCn1cc(NC(=O)COC2CCNCC2)ccc1=O. The Kier molecular flexibility index (Phi) is 5.95. The minimum Gasteiger partial charge on any atom is -0.368 e. The summed E-state index contributed by atoms with van der Waals surface area (Å²) in [4.78, 5) is 23.5. The predicted molar refractivity (Wildman–Crippen MR) is 81.5 cm³/mol. The van der Waals surface area contributed by atoms with Gasteiger partial charge in [0, 0.05) is 18.8 Å². The molecule has 1 amide bonds. The van der Waals surface area contributed by atoms with Crippen molar-refractivity contribution in [3.05, 3.63) is 28.7 Å². The maximum atomic E-state index is 11.9. The first kappa shape index (κ1) is 15.7. The number of aryl methyl sites for hydroxylation is 1. The fourth-order valence-corrected chi connectivity index (χ4v) is 2.37. The Hall–Kier alpha value is -1.66. The summed E-state index contributed by atoms with van der Waals surface area (Å²) in [5.41, 5.74) is 0.572. The molecule has 1 aromatic rings. The van der Waals surface area contributed by atoms with Crippen molar-refractivity contribution in [2.75, 3.05) is 25.0 Å². The highest BCUT2D eigenvalue weighted by molar-refractivity contribution is 5.91. The normalized spacial score (nSPS) is 15.9. The van der Waals surface area contributed by atoms with E-state index in [0.717, 1.165) is 32.4 Å². The van der Waals surface area contributed by atoms with Crippen molar-refractivity contribution in [2.24, 2.45) is 0 Å². The van der Waals surface area contributed by atoms with Gasteiger partial charge in [0.2, 0.25) is 5.91 Å². The fraction of sp³-hybridized carbons (Fsp3) is 0.600. The van der Waals surface area contributed by atoms with Crippen LogP contribution in [0.5, 0.6) is 0 Å². The van der Waals surface area contributed by atoms with Gasteiger partial charge in [0.05, 0.1) is 11.8 Å². The summed E-state index contributed by atoms with van der Waals surface area (Å²) in [7, 11) is 0. The molecule has 1 fully saturated rings. The standard InChI is InChI=1S/C15H23N3O3/c1-2-9-18-10-12(3-4-15(18)20)17-14(19)11-21-13-5-7-16-8-6-13/h3-4,10,13,16H,2,5-9,11H2,1H3,(H,17,19). The molecule has 1 aliphatic rings. The van der Waals surface area contributed by atoms with Crippen LogP contribution in [0.1, 0.15) is 26.2 Å². The first-order valence-corrected chi connectivity index (χ1v) is 7.51. The Bertz CT molecular complexity index is 521. The zero-order chi connectivity index (χ0) is 15.1. The molecular weight excluding hydrogens is 270 g/mol. The monoisotopic (exact) mass is 293 g/mol. The minimum atomic E-state index is -0.185. The lowest BCUT2D eigenvalue weighted by molar-refractivity contribution is -0.123. The molecule has 0 saturated carbocycles. The molecule has 0 radical (unpaired) electrons. The summed E-state index contributed by atoms with van der Waals surface area (Å²) in [6, 6.07) is 3.09. The largest absolute Gasteiger partial charge is 0.368 e. The highest BCUT2D eigenvalue weighted by Crippen LogP contribution is 2.08. The highest BCUT2D eigenvalue weighted by atomic mass is 16.5. The van der Waals surface area contributed by atoms with Gasteiger partial charge in [-0.3, -0.25) is 9.59 Å². The zero-order valence-electron chi connectivity index (χ0n) is 12.4. The maximum Gasteiger partial charge on any atom is 0.250 e. The van der Waals surface area contributed by atoms with Gasteiger partial charge in [-0.25, -0.2) is 0 Å². The summed E-state index contributed by atoms with van der Waals surface area (Å²) in [6.45, 7) is 4.58. The molecular formula is C15H23N3O3. The van der Waals surface area contributed by atoms with Gasteiger partial charge in [0.15, 0.2) is 0 Å². The molecule has 0 atom stereocenters. The summed E-state index contributed by atoms with van der Waals surface area (Å²) < 4.78 is 7.20. The Morgan fingerprint density at radius 3 is 2.90 bits per heavy atom. The average Bonchev–Trinajstić information content (AvgIpc) is 2.50. The van der Waals surface area contributed by atoms with Crippen molar-refractivity contribution in [2.45, 2.75) is 38.8 Å². The molecule has 1 aliphatic heterocycles. The molecule has 2 rings (SSSR count). The van der Waals surface area contributed by atoms with Gasteiger partial charge < -0.3 is 19.9 Å². The number of piperidine rings is 1. The molecule has 2 N–H and O–H groups in total. The number of carbonyl (C=O) groups is 1. The number of carbonyl (C=O) groups excluding carboxylic acids is 1. The van der Waals surface area contributed by atoms with Gasteiger partial charge in [-0.1, -0.05) is 6.92 Å². The quantitative estimate of drug-likeness (QED) is 0.819. The van der Waals surface area contributed by atoms with E-state index in [1.54, 1.807) is 16.8 Å². The highest BCUT2D eigenvalue weighted by Gasteiger charge is 2.14. The van der Waals surface area contributed by atoms with E-state index >= 15 is 0 Å². The number of ether oxygens (including phenoxy) is 1. The van der Waals surface area contributed by atoms with Crippen LogP contribution in [-0.4, -0.2) is 36.3 Å². The van der Waals surface area contributed by atoms with Gasteiger partial charge >= 0.3 is 0 Å². The molecule has 0 spiro atoms. The Balaban J connectivity index is 1.84. The number of nitrogens with zero attached hydrogens (tertiary/aromatic N) is 1. The van der Waals surface area contributed by atoms with Crippen molar-refractivity contribution < 1.29 is 9.53 Å². The van der Waals surface area contributed by atoms with Crippen LogP contribution in [0.2, 0.25) is 0 Å². The van der Waals surface area contributed by atoms with E-state index in [9.17, 15) is 9.59 Å². The van der Waals surface area contributed by atoms with Gasteiger partial charge in [0.25, 0.3) is 5.56 Å². The topological polar surface area (TPSA) is 72.4 Å². The van der Waals surface area contributed by atoms with Gasteiger partial charge in [-0.15, -0.1) is 0 Å². The van der Waals surface area contributed by atoms with Gasteiger partial charge in [-0.05, 0) is 38.4 Å². The lowest BCUT2D eigenvalue weighted by atomic mass is 10.1. The smallest absolute Gasteiger partial charge is 0.250 e. The molecule has 1 saturated heterocycles. The van der Waals surface area contributed by atoms with Gasteiger partial charge in [0.1, 0.15) is 6.61 Å². The van der Waals surface area contributed by atoms with E-state index in [1.165, 1.54) is 6.07 Å². The van der Waals surface area contributed by atoms with Crippen LogP contribution < -0.4 is 16.2 Å². The maximum absolute atomic E-state index is 11.9. The predicted octanol–water partition coefficient (Wildman–Crippen LogP) is 0.965. The first-order chi connectivity index (χ1) is 10.2. The summed E-state index contributed by atoms with van der Waals surface area (Å²) in [5, 5.41) is 6.02. The number of amides is 1. The van der Waals surface area contributed by atoms with Crippen molar-refractivity contribution in [3.8, 4) is 0 Å². The molecule has 6 nitrogen and oxygen atoms in total. The third kappa shape index (κ3) is 4.99. The molecule has 21 heavy (non-hydrogen) atoms. The number of pyridine rings is 1. The van der Waals surface area contributed by atoms with E-state index in [-0.39, 0.29) is 24.2 Å². The molecule has 0 aliphatic carbocycles. The van der Waals surface area contributed by atoms with Crippen molar-refractivity contribution in [1.29, 1.82) is 0 Å². The van der Waals surface area contributed by atoms with Crippen LogP contribution in [0.3, 0.4) is 0 Å². The Morgan fingerprint density at radius 1 is 1.43 bits per heavy atom. The first-order valence-electron chi connectivity index (χ1n) is 7.51. The second kappa shape index (κ2) is 7.95. The Labute approximate surface area is 124 Å². The summed E-state index contributed by atoms with van der Waals surface area (Å²) >= 11 is 0. The second-order valence-electron chi connectivity index (χ2n) is 5.26. The third-order valence-corrected chi connectivity index (χ3v) is 3.47. The fourth-order valence-electron chi connectivity index (χ4n) is 2.37. The van der Waals surface area contributed by atoms with Gasteiger partial charge in [-0.2, -0.15) is 0 Å². The number of hydrogen-bond donors (Lipinski definition) is 2. The average molecular weight is 293 g/mol. The van der Waals surface area contributed by atoms with Crippen LogP contribution in [-0.2, 0) is 16.1 Å². The number of rotatable bonds is 6. The van der Waals surface area contributed by atoms with Crippen molar-refractivity contribution in [1.82, 2.24) is 9.88 Å². The lowest BCUT2D eigenvalue weighted by Crippen LogP contribution is -2.34. The van der Waals surface area contributed by atoms with E-state index in [0.29, 0.717) is 12.2 Å². The molecule has 0 aromatic carbocycles. The van der Waals surface area contributed by atoms with Crippen LogP contribution in [0.25, 0.3) is 0 Å². The number of anilines is 1. The summed E-state index contributed by atoms with van der Waals surface area (Å²) in [5.74, 6) is -0.185. The molecule has 116 valence electrons. The zero-order valence-corrected chi connectivity index (χ0v) is 12.4. The van der Waals surface area contributed by atoms with Crippen LogP contribution in [0.4, 0.5) is 5.69 Å². The molecule has 6 heteroatoms.